The van der Waals surface area contributed by atoms with Gasteiger partial charge >= 0.3 is 0 Å². The van der Waals surface area contributed by atoms with Crippen LogP contribution < -0.4 is 10.0 Å². The number of aromatic nitrogens is 1. The van der Waals surface area contributed by atoms with Crippen LogP contribution in [0.3, 0.4) is 0 Å². The maximum absolute atomic E-state index is 13.8. The smallest absolute Gasteiger partial charge is 0.256 e. The van der Waals surface area contributed by atoms with Gasteiger partial charge in [0.1, 0.15) is 5.82 Å². The molecular formula is C18H15BrFN3O3S. The first-order chi connectivity index (χ1) is 12.6. The minimum atomic E-state index is -3.65. The van der Waals surface area contributed by atoms with E-state index in [4.69, 9.17) is 0 Å². The zero-order valence-electron chi connectivity index (χ0n) is 14.4. The number of carbonyl (C=O) groups is 1. The fourth-order valence-corrected chi connectivity index (χ4v) is 3.51. The van der Waals surface area contributed by atoms with Gasteiger partial charge in [0.05, 0.1) is 23.0 Å². The SMILES string of the molecule is Cc1cc(C(=O)Nc2ccc(F)c(NS(C)(=O)=O)c2)c2ccc(Br)cc2n1. The molecule has 27 heavy (non-hydrogen) atoms. The van der Waals surface area contributed by atoms with Crippen molar-refractivity contribution in [2.75, 3.05) is 16.3 Å². The molecule has 2 N–H and O–H groups in total. The number of hydrogen-bond donors (Lipinski definition) is 2. The largest absolute Gasteiger partial charge is 0.322 e. The third-order valence-corrected chi connectivity index (χ3v) is 4.75. The molecule has 0 radical (unpaired) electrons. The number of benzene rings is 2. The summed E-state index contributed by atoms with van der Waals surface area (Å²) in [7, 11) is -3.65. The van der Waals surface area contributed by atoms with Crippen LogP contribution in [0.5, 0.6) is 0 Å². The first kappa shape index (κ1) is 19.2. The molecule has 3 rings (SSSR count). The molecule has 140 valence electrons. The normalized spacial score (nSPS) is 11.4. The summed E-state index contributed by atoms with van der Waals surface area (Å²) in [6.07, 6.45) is 0.918. The van der Waals surface area contributed by atoms with Crippen molar-refractivity contribution in [3.8, 4) is 0 Å². The topological polar surface area (TPSA) is 88.2 Å². The van der Waals surface area contributed by atoms with Gasteiger partial charge in [-0.2, -0.15) is 0 Å². The second-order valence-electron chi connectivity index (χ2n) is 6.00. The highest BCUT2D eigenvalue weighted by Gasteiger charge is 2.14. The molecule has 0 atom stereocenters. The van der Waals surface area contributed by atoms with Gasteiger partial charge in [-0.15, -0.1) is 0 Å². The van der Waals surface area contributed by atoms with Gasteiger partial charge in [0.15, 0.2) is 0 Å². The highest BCUT2D eigenvalue weighted by atomic mass is 79.9. The van der Waals surface area contributed by atoms with Crippen molar-refractivity contribution < 1.29 is 17.6 Å². The maximum Gasteiger partial charge on any atom is 0.256 e. The Morgan fingerprint density at radius 1 is 1.15 bits per heavy atom. The van der Waals surface area contributed by atoms with E-state index in [0.29, 0.717) is 22.2 Å². The lowest BCUT2D eigenvalue weighted by molar-refractivity contribution is 0.102. The average Bonchev–Trinajstić information content (AvgIpc) is 2.55. The predicted octanol–water partition coefficient (Wildman–Crippen LogP) is 4.07. The van der Waals surface area contributed by atoms with E-state index in [2.05, 4.69) is 31.0 Å². The average molecular weight is 452 g/mol. The molecule has 0 saturated carbocycles. The Morgan fingerprint density at radius 2 is 1.89 bits per heavy atom. The van der Waals surface area contributed by atoms with E-state index in [1.165, 1.54) is 12.1 Å². The summed E-state index contributed by atoms with van der Waals surface area (Å²) in [6.45, 7) is 1.78. The van der Waals surface area contributed by atoms with E-state index in [-0.39, 0.29) is 11.4 Å². The molecule has 3 aromatic rings. The van der Waals surface area contributed by atoms with Crippen LogP contribution >= 0.6 is 15.9 Å². The first-order valence-electron chi connectivity index (χ1n) is 7.78. The van der Waals surface area contributed by atoms with E-state index in [1.807, 2.05) is 12.1 Å². The molecule has 0 spiro atoms. The van der Waals surface area contributed by atoms with E-state index in [1.54, 1.807) is 19.1 Å². The number of nitrogens with one attached hydrogen (secondary N) is 2. The van der Waals surface area contributed by atoms with Crippen molar-refractivity contribution >= 4 is 54.1 Å². The van der Waals surface area contributed by atoms with E-state index in [9.17, 15) is 17.6 Å². The Kier molecular flexibility index (Phi) is 5.16. The molecule has 0 aliphatic carbocycles. The third kappa shape index (κ3) is 4.61. The fourth-order valence-electron chi connectivity index (χ4n) is 2.60. The number of nitrogens with zero attached hydrogens (tertiary/aromatic N) is 1. The van der Waals surface area contributed by atoms with Crippen LogP contribution in [-0.2, 0) is 10.0 Å². The van der Waals surface area contributed by atoms with Gasteiger partial charge in [0.2, 0.25) is 10.0 Å². The highest BCUT2D eigenvalue weighted by molar-refractivity contribution is 9.10. The minimum absolute atomic E-state index is 0.241. The van der Waals surface area contributed by atoms with Crippen molar-refractivity contribution in [1.29, 1.82) is 0 Å². The Bertz CT molecular complexity index is 1160. The number of amides is 1. The predicted molar refractivity (Wildman–Crippen MR) is 107 cm³/mol. The molecule has 0 aliphatic heterocycles. The summed E-state index contributed by atoms with van der Waals surface area (Å²) < 4.78 is 39.4. The molecule has 0 fully saturated rings. The van der Waals surface area contributed by atoms with Crippen molar-refractivity contribution in [3.63, 3.8) is 0 Å². The minimum Gasteiger partial charge on any atom is -0.322 e. The van der Waals surface area contributed by atoms with Crippen LogP contribution in [0, 0.1) is 12.7 Å². The molecule has 0 unspecified atom stereocenters. The van der Waals surface area contributed by atoms with Gasteiger partial charge in [0.25, 0.3) is 5.91 Å². The van der Waals surface area contributed by atoms with Gasteiger partial charge < -0.3 is 5.32 Å². The zero-order valence-corrected chi connectivity index (χ0v) is 16.8. The van der Waals surface area contributed by atoms with Gasteiger partial charge in [-0.1, -0.05) is 22.0 Å². The number of anilines is 2. The number of carbonyl (C=O) groups excluding carboxylic acids is 1. The molecule has 0 saturated heterocycles. The lowest BCUT2D eigenvalue weighted by Gasteiger charge is -2.11. The standard InChI is InChI=1S/C18H15BrFN3O3S/c1-10-7-14(13-5-3-11(19)8-16(13)21-10)18(24)22-12-4-6-15(20)17(9-12)23-27(2,25)26/h3-9,23H,1-2H3,(H,22,24). The monoisotopic (exact) mass is 451 g/mol. The summed E-state index contributed by atoms with van der Waals surface area (Å²) in [4.78, 5) is 17.2. The quantitative estimate of drug-likeness (QED) is 0.625. The lowest BCUT2D eigenvalue weighted by Crippen LogP contribution is -2.15. The number of fused-ring (bicyclic) bond motifs is 1. The van der Waals surface area contributed by atoms with Crippen molar-refractivity contribution in [3.05, 3.63) is 64.0 Å². The van der Waals surface area contributed by atoms with Gasteiger partial charge in [-0.05, 0) is 43.3 Å². The highest BCUT2D eigenvalue weighted by Crippen LogP contribution is 2.25. The first-order valence-corrected chi connectivity index (χ1v) is 10.5. The molecule has 1 aromatic heterocycles. The van der Waals surface area contributed by atoms with Gasteiger partial charge in [0, 0.05) is 21.2 Å². The molecule has 0 bridgehead atoms. The Hall–Kier alpha value is -2.52. The number of rotatable bonds is 4. The van der Waals surface area contributed by atoms with Crippen LogP contribution in [-0.4, -0.2) is 25.6 Å². The van der Waals surface area contributed by atoms with E-state index in [0.717, 1.165) is 16.8 Å². The molecule has 6 nitrogen and oxygen atoms in total. The van der Waals surface area contributed by atoms with Crippen molar-refractivity contribution in [2.45, 2.75) is 6.92 Å². The summed E-state index contributed by atoms with van der Waals surface area (Å²) in [5.74, 6) is -1.15. The molecule has 2 aromatic carbocycles. The number of halogens is 2. The molecule has 9 heteroatoms. The second kappa shape index (κ2) is 7.24. The van der Waals surface area contributed by atoms with E-state index >= 15 is 0 Å². The van der Waals surface area contributed by atoms with E-state index < -0.39 is 21.7 Å². The number of sulfonamides is 1. The lowest BCUT2D eigenvalue weighted by atomic mass is 10.1. The molecule has 0 aliphatic rings. The van der Waals surface area contributed by atoms with Crippen molar-refractivity contribution in [1.82, 2.24) is 4.98 Å². The fraction of sp³-hybridized carbons (Fsp3) is 0.111. The van der Waals surface area contributed by atoms with Crippen LogP contribution in [0.15, 0.2) is 46.9 Å². The number of aryl methyl sites for hydroxylation is 1. The zero-order chi connectivity index (χ0) is 19.8. The summed E-state index contributed by atoms with van der Waals surface area (Å²) >= 11 is 3.38. The second-order valence-corrected chi connectivity index (χ2v) is 8.66. The molecular weight excluding hydrogens is 437 g/mol. The Balaban J connectivity index is 1.97. The number of pyridine rings is 1. The molecule has 1 amide bonds. The van der Waals surface area contributed by atoms with Crippen molar-refractivity contribution in [2.24, 2.45) is 0 Å². The summed E-state index contributed by atoms with van der Waals surface area (Å²) in [5.41, 5.74) is 1.76. The Labute approximate surface area is 164 Å². The third-order valence-electron chi connectivity index (χ3n) is 3.66. The molecule has 1 heterocycles. The van der Waals surface area contributed by atoms with Gasteiger partial charge in [-0.25, -0.2) is 12.8 Å². The van der Waals surface area contributed by atoms with Crippen LogP contribution in [0.2, 0.25) is 0 Å². The van der Waals surface area contributed by atoms with Crippen LogP contribution in [0.25, 0.3) is 10.9 Å². The van der Waals surface area contributed by atoms with Crippen LogP contribution in [0.4, 0.5) is 15.8 Å². The Morgan fingerprint density at radius 3 is 2.59 bits per heavy atom. The summed E-state index contributed by atoms with van der Waals surface area (Å²) in [6, 6.07) is 10.7. The van der Waals surface area contributed by atoms with Gasteiger partial charge in [-0.3, -0.25) is 14.5 Å². The maximum atomic E-state index is 13.8. The van der Waals surface area contributed by atoms with Crippen LogP contribution in [0.1, 0.15) is 16.1 Å². The summed E-state index contributed by atoms with van der Waals surface area (Å²) in [5, 5.41) is 3.33. The number of hydrogen-bond acceptors (Lipinski definition) is 4.